The van der Waals surface area contributed by atoms with Crippen LogP contribution in [0.1, 0.15) is 38.5 Å². The van der Waals surface area contributed by atoms with Gasteiger partial charge in [-0.25, -0.2) is 0 Å². The SMILES string of the molecule is NC1CCCCC1NCC1CCOCC1. The van der Waals surface area contributed by atoms with Gasteiger partial charge in [0.15, 0.2) is 0 Å². The largest absolute Gasteiger partial charge is 0.381 e. The number of hydrogen-bond donors (Lipinski definition) is 2. The van der Waals surface area contributed by atoms with E-state index in [4.69, 9.17) is 10.5 Å². The molecule has 3 N–H and O–H groups in total. The molecule has 88 valence electrons. The van der Waals surface area contributed by atoms with Crippen molar-refractivity contribution >= 4 is 0 Å². The Hall–Kier alpha value is -0.120. The summed E-state index contributed by atoms with van der Waals surface area (Å²) in [6.45, 7) is 3.04. The third-order valence-electron chi connectivity index (χ3n) is 3.83. The second-order valence-electron chi connectivity index (χ2n) is 5.02. The second kappa shape index (κ2) is 5.83. The third kappa shape index (κ3) is 3.44. The van der Waals surface area contributed by atoms with Gasteiger partial charge in [-0.15, -0.1) is 0 Å². The molecule has 2 atom stereocenters. The van der Waals surface area contributed by atoms with Crippen molar-refractivity contribution in [2.75, 3.05) is 19.8 Å². The van der Waals surface area contributed by atoms with Gasteiger partial charge in [0, 0.05) is 25.3 Å². The van der Waals surface area contributed by atoms with Gasteiger partial charge in [-0.3, -0.25) is 0 Å². The molecule has 0 aromatic carbocycles. The highest BCUT2D eigenvalue weighted by Crippen LogP contribution is 2.18. The summed E-state index contributed by atoms with van der Waals surface area (Å²) in [4.78, 5) is 0. The van der Waals surface area contributed by atoms with Crippen LogP contribution in [0.4, 0.5) is 0 Å². The van der Waals surface area contributed by atoms with Gasteiger partial charge in [-0.05, 0) is 38.1 Å². The van der Waals surface area contributed by atoms with E-state index >= 15 is 0 Å². The fourth-order valence-electron chi connectivity index (χ4n) is 2.68. The minimum atomic E-state index is 0.388. The third-order valence-corrected chi connectivity index (χ3v) is 3.83. The molecule has 2 aliphatic rings. The topological polar surface area (TPSA) is 47.3 Å². The molecule has 3 heteroatoms. The van der Waals surface area contributed by atoms with Crippen molar-refractivity contribution in [3.63, 3.8) is 0 Å². The average Bonchev–Trinajstić information content (AvgIpc) is 2.29. The van der Waals surface area contributed by atoms with Crippen LogP contribution in [0.3, 0.4) is 0 Å². The lowest BCUT2D eigenvalue weighted by Gasteiger charge is -2.32. The van der Waals surface area contributed by atoms with Crippen LogP contribution in [0.25, 0.3) is 0 Å². The van der Waals surface area contributed by atoms with Gasteiger partial charge >= 0.3 is 0 Å². The first-order valence-electron chi connectivity index (χ1n) is 6.43. The Bertz CT molecular complexity index is 180. The van der Waals surface area contributed by atoms with E-state index in [1.54, 1.807) is 0 Å². The van der Waals surface area contributed by atoms with Gasteiger partial charge in [-0.1, -0.05) is 12.8 Å². The molecule has 15 heavy (non-hydrogen) atoms. The van der Waals surface area contributed by atoms with Crippen molar-refractivity contribution < 1.29 is 4.74 Å². The average molecular weight is 212 g/mol. The maximum absolute atomic E-state index is 6.11. The molecule has 1 heterocycles. The molecule has 1 saturated carbocycles. The van der Waals surface area contributed by atoms with E-state index in [0.717, 1.165) is 25.7 Å². The van der Waals surface area contributed by atoms with Crippen LogP contribution in [0.2, 0.25) is 0 Å². The Morgan fingerprint density at radius 1 is 1.07 bits per heavy atom. The van der Waals surface area contributed by atoms with Crippen molar-refractivity contribution in [1.29, 1.82) is 0 Å². The van der Waals surface area contributed by atoms with Crippen LogP contribution in [-0.2, 0) is 4.74 Å². The monoisotopic (exact) mass is 212 g/mol. The van der Waals surface area contributed by atoms with Crippen LogP contribution < -0.4 is 11.1 Å². The highest BCUT2D eigenvalue weighted by atomic mass is 16.5. The molecule has 1 saturated heterocycles. The summed E-state index contributed by atoms with van der Waals surface area (Å²) in [6, 6.07) is 0.959. The molecule has 0 radical (unpaired) electrons. The standard InChI is InChI=1S/C12H24N2O/c13-11-3-1-2-4-12(11)14-9-10-5-7-15-8-6-10/h10-12,14H,1-9,13H2. The van der Waals surface area contributed by atoms with Crippen LogP contribution in [0, 0.1) is 5.92 Å². The van der Waals surface area contributed by atoms with E-state index < -0.39 is 0 Å². The smallest absolute Gasteiger partial charge is 0.0469 e. The minimum Gasteiger partial charge on any atom is -0.381 e. The maximum atomic E-state index is 6.11. The summed E-state index contributed by atoms with van der Waals surface area (Å²) in [6.07, 6.45) is 7.56. The zero-order valence-corrected chi connectivity index (χ0v) is 9.58. The molecular formula is C12H24N2O. The van der Waals surface area contributed by atoms with E-state index in [2.05, 4.69) is 5.32 Å². The van der Waals surface area contributed by atoms with Crippen LogP contribution in [0.5, 0.6) is 0 Å². The molecule has 0 spiro atoms. The number of rotatable bonds is 3. The Balaban J connectivity index is 1.67. The van der Waals surface area contributed by atoms with Crippen molar-refractivity contribution in [3.05, 3.63) is 0 Å². The summed E-state index contributed by atoms with van der Waals surface area (Å²) in [5.74, 6) is 0.813. The zero-order chi connectivity index (χ0) is 10.5. The first kappa shape index (κ1) is 11.4. The predicted molar refractivity (Wildman–Crippen MR) is 61.8 cm³/mol. The van der Waals surface area contributed by atoms with Gasteiger partial charge in [0.1, 0.15) is 0 Å². The molecule has 1 aliphatic heterocycles. The number of nitrogens with two attached hydrogens (primary N) is 1. The molecule has 2 fully saturated rings. The highest BCUT2D eigenvalue weighted by molar-refractivity contribution is 4.84. The molecule has 0 aromatic rings. The van der Waals surface area contributed by atoms with Gasteiger partial charge in [0.2, 0.25) is 0 Å². The van der Waals surface area contributed by atoms with E-state index in [9.17, 15) is 0 Å². The number of ether oxygens (including phenoxy) is 1. The molecular weight excluding hydrogens is 188 g/mol. The van der Waals surface area contributed by atoms with Crippen LogP contribution in [-0.4, -0.2) is 31.8 Å². The summed E-state index contributed by atoms with van der Waals surface area (Å²) < 4.78 is 5.36. The first-order valence-corrected chi connectivity index (χ1v) is 6.43. The zero-order valence-electron chi connectivity index (χ0n) is 9.58. The van der Waals surface area contributed by atoms with Crippen molar-refractivity contribution in [3.8, 4) is 0 Å². The lowest BCUT2D eigenvalue weighted by atomic mass is 9.90. The quantitative estimate of drug-likeness (QED) is 0.740. The van der Waals surface area contributed by atoms with Crippen molar-refractivity contribution in [1.82, 2.24) is 5.32 Å². The highest BCUT2D eigenvalue weighted by Gasteiger charge is 2.22. The van der Waals surface area contributed by atoms with Crippen molar-refractivity contribution in [2.24, 2.45) is 11.7 Å². The fourth-order valence-corrected chi connectivity index (χ4v) is 2.68. The fraction of sp³-hybridized carbons (Fsp3) is 1.00. The Morgan fingerprint density at radius 2 is 1.80 bits per heavy atom. The summed E-state index contributed by atoms with van der Waals surface area (Å²) in [7, 11) is 0. The summed E-state index contributed by atoms with van der Waals surface area (Å²) >= 11 is 0. The molecule has 1 aliphatic carbocycles. The number of nitrogens with one attached hydrogen (secondary N) is 1. The second-order valence-corrected chi connectivity index (χ2v) is 5.02. The molecule has 2 unspecified atom stereocenters. The van der Waals surface area contributed by atoms with Crippen LogP contribution in [0.15, 0.2) is 0 Å². The van der Waals surface area contributed by atoms with E-state index in [0.29, 0.717) is 12.1 Å². The lowest BCUT2D eigenvalue weighted by molar-refractivity contribution is 0.0647. The maximum Gasteiger partial charge on any atom is 0.0469 e. The van der Waals surface area contributed by atoms with Crippen LogP contribution >= 0.6 is 0 Å². The molecule has 0 aromatic heterocycles. The van der Waals surface area contributed by atoms with E-state index in [-0.39, 0.29) is 0 Å². The molecule has 3 nitrogen and oxygen atoms in total. The molecule has 0 bridgehead atoms. The molecule has 0 amide bonds. The van der Waals surface area contributed by atoms with E-state index in [1.807, 2.05) is 0 Å². The van der Waals surface area contributed by atoms with Gasteiger partial charge in [-0.2, -0.15) is 0 Å². The van der Waals surface area contributed by atoms with Gasteiger partial charge in [0.05, 0.1) is 0 Å². The number of hydrogen-bond acceptors (Lipinski definition) is 3. The lowest BCUT2D eigenvalue weighted by Crippen LogP contribution is -2.48. The first-order chi connectivity index (χ1) is 7.36. The normalized spacial score (nSPS) is 34.2. The van der Waals surface area contributed by atoms with Gasteiger partial charge < -0.3 is 15.8 Å². The molecule has 2 rings (SSSR count). The van der Waals surface area contributed by atoms with E-state index in [1.165, 1.54) is 38.5 Å². The summed E-state index contributed by atoms with van der Waals surface area (Å²) in [5, 5.41) is 3.66. The predicted octanol–water partition coefficient (Wildman–Crippen LogP) is 1.27. The Kier molecular flexibility index (Phi) is 4.42. The summed E-state index contributed by atoms with van der Waals surface area (Å²) in [5.41, 5.74) is 6.11. The Morgan fingerprint density at radius 3 is 2.53 bits per heavy atom. The van der Waals surface area contributed by atoms with Crippen molar-refractivity contribution in [2.45, 2.75) is 50.6 Å². The minimum absolute atomic E-state index is 0.388. The Labute approximate surface area is 92.7 Å². The van der Waals surface area contributed by atoms with Gasteiger partial charge in [0.25, 0.3) is 0 Å².